The lowest BCUT2D eigenvalue weighted by atomic mass is 10.3. The number of hydrogen-bond acceptors (Lipinski definition) is 4. The Bertz CT molecular complexity index is 605. The van der Waals surface area contributed by atoms with Crippen LogP contribution in [-0.4, -0.2) is 29.1 Å². The minimum absolute atomic E-state index is 0.464. The summed E-state index contributed by atoms with van der Waals surface area (Å²) in [7, 11) is 0. The SMILES string of the molecule is Clc1nc2ccccc2nc1NC1[C@H]2CNC[C@@H]12. The Morgan fingerprint density at radius 2 is 1.78 bits per heavy atom. The molecule has 1 aliphatic carbocycles. The van der Waals surface area contributed by atoms with Crippen LogP contribution < -0.4 is 10.6 Å². The van der Waals surface area contributed by atoms with E-state index in [1.165, 1.54) is 0 Å². The summed E-state index contributed by atoms with van der Waals surface area (Å²) in [6, 6.07) is 8.30. The summed E-state index contributed by atoms with van der Waals surface area (Å²) in [5.41, 5.74) is 1.72. The molecular weight excluding hydrogens is 248 g/mol. The van der Waals surface area contributed by atoms with E-state index in [4.69, 9.17) is 11.6 Å². The van der Waals surface area contributed by atoms with Crippen LogP contribution in [0.15, 0.2) is 24.3 Å². The van der Waals surface area contributed by atoms with Crippen LogP contribution in [0.1, 0.15) is 0 Å². The molecule has 2 aromatic rings. The van der Waals surface area contributed by atoms with Crippen molar-refractivity contribution in [3.05, 3.63) is 29.4 Å². The van der Waals surface area contributed by atoms with E-state index in [-0.39, 0.29) is 0 Å². The monoisotopic (exact) mass is 260 g/mol. The first-order valence-electron chi connectivity index (χ1n) is 6.22. The Morgan fingerprint density at radius 3 is 2.50 bits per heavy atom. The molecule has 1 unspecified atom stereocenters. The Labute approximate surface area is 110 Å². The number of piperidine rings is 1. The van der Waals surface area contributed by atoms with Crippen LogP contribution >= 0.6 is 11.6 Å². The third-order valence-corrected chi connectivity index (χ3v) is 4.19. The summed E-state index contributed by atoms with van der Waals surface area (Å²) in [5, 5.41) is 7.27. The summed E-state index contributed by atoms with van der Waals surface area (Å²) in [6.07, 6.45) is 0. The van der Waals surface area contributed by atoms with Gasteiger partial charge in [-0.2, -0.15) is 0 Å². The largest absolute Gasteiger partial charge is 0.364 e. The van der Waals surface area contributed by atoms with Gasteiger partial charge >= 0.3 is 0 Å². The normalized spacial score (nSPS) is 29.3. The fraction of sp³-hybridized carbons (Fsp3) is 0.385. The second kappa shape index (κ2) is 3.80. The third-order valence-electron chi connectivity index (χ3n) is 3.92. The Morgan fingerprint density at radius 1 is 1.11 bits per heavy atom. The van der Waals surface area contributed by atoms with Gasteiger partial charge in [-0.05, 0) is 24.0 Å². The minimum Gasteiger partial charge on any atom is -0.364 e. The smallest absolute Gasteiger partial charge is 0.172 e. The Hall–Kier alpha value is -1.39. The van der Waals surface area contributed by atoms with Crippen molar-refractivity contribution in [3.63, 3.8) is 0 Å². The molecule has 92 valence electrons. The van der Waals surface area contributed by atoms with Crippen molar-refractivity contribution in [2.75, 3.05) is 18.4 Å². The molecule has 1 aromatic carbocycles. The lowest BCUT2D eigenvalue weighted by Gasteiger charge is -2.10. The van der Waals surface area contributed by atoms with Crippen molar-refractivity contribution in [3.8, 4) is 0 Å². The van der Waals surface area contributed by atoms with Gasteiger partial charge in [0.25, 0.3) is 0 Å². The number of hydrogen-bond donors (Lipinski definition) is 2. The fourth-order valence-corrected chi connectivity index (χ4v) is 3.05. The Kier molecular flexibility index (Phi) is 2.22. The molecule has 0 amide bonds. The second-order valence-electron chi connectivity index (χ2n) is 5.01. The molecule has 3 atom stereocenters. The van der Waals surface area contributed by atoms with E-state index in [0.29, 0.717) is 11.2 Å². The molecule has 0 spiro atoms. The van der Waals surface area contributed by atoms with Crippen LogP contribution in [0.2, 0.25) is 5.15 Å². The van der Waals surface area contributed by atoms with E-state index in [0.717, 1.165) is 41.8 Å². The lowest BCUT2D eigenvalue weighted by Crippen LogP contribution is -2.22. The van der Waals surface area contributed by atoms with Crippen molar-refractivity contribution in [1.29, 1.82) is 0 Å². The second-order valence-corrected chi connectivity index (χ2v) is 5.37. The summed E-state index contributed by atoms with van der Waals surface area (Å²) in [6.45, 7) is 2.20. The molecule has 1 saturated heterocycles. The summed E-state index contributed by atoms with van der Waals surface area (Å²) in [4.78, 5) is 8.93. The van der Waals surface area contributed by atoms with Crippen LogP contribution in [0.4, 0.5) is 5.82 Å². The highest BCUT2D eigenvalue weighted by atomic mass is 35.5. The van der Waals surface area contributed by atoms with Crippen LogP contribution in [0.3, 0.4) is 0 Å². The molecule has 4 nitrogen and oxygen atoms in total. The number of anilines is 1. The van der Waals surface area contributed by atoms with Crippen molar-refractivity contribution in [2.45, 2.75) is 6.04 Å². The summed E-state index contributed by atoms with van der Waals surface area (Å²) >= 11 is 6.18. The molecule has 0 bridgehead atoms. The molecule has 4 rings (SSSR count). The summed E-state index contributed by atoms with van der Waals surface area (Å²) in [5.74, 6) is 2.18. The van der Waals surface area contributed by atoms with Gasteiger partial charge in [0, 0.05) is 19.1 Å². The molecule has 2 N–H and O–H groups in total. The van der Waals surface area contributed by atoms with Crippen LogP contribution in [0, 0.1) is 11.8 Å². The van der Waals surface area contributed by atoms with Gasteiger partial charge < -0.3 is 10.6 Å². The maximum atomic E-state index is 6.18. The van der Waals surface area contributed by atoms with E-state index in [1.807, 2.05) is 24.3 Å². The Balaban J connectivity index is 1.66. The number of aromatic nitrogens is 2. The quantitative estimate of drug-likeness (QED) is 0.866. The highest BCUT2D eigenvalue weighted by Gasteiger charge is 2.53. The van der Waals surface area contributed by atoms with E-state index >= 15 is 0 Å². The van der Waals surface area contributed by atoms with E-state index in [2.05, 4.69) is 20.6 Å². The first-order chi connectivity index (χ1) is 8.83. The van der Waals surface area contributed by atoms with Gasteiger partial charge in [0.1, 0.15) is 0 Å². The van der Waals surface area contributed by atoms with Crippen molar-refractivity contribution >= 4 is 28.5 Å². The molecule has 1 saturated carbocycles. The number of halogens is 1. The lowest BCUT2D eigenvalue weighted by molar-refractivity contribution is 0.695. The fourth-order valence-electron chi connectivity index (χ4n) is 2.86. The summed E-state index contributed by atoms with van der Waals surface area (Å²) < 4.78 is 0. The van der Waals surface area contributed by atoms with Gasteiger partial charge in [0.15, 0.2) is 11.0 Å². The standard InChI is InChI=1S/C13H13ClN4/c14-12-13(18-11-7-5-15-6-8(7)11)17-10-4-2-1-3-9(10)16-12/h1-4,7-8,11,15H,5-6H2,(H,17,18)/t7-,8+,11?. The van der Waals surface area contributed by atoms with Gasteiger partial charge in [-0.1, -0.05) is 23.7 Å². The zero-order valence-corrected chi connectivity index (χ0v) is 10.5. The van der Waals surface area contributed by atoms with Crippen molar-refractivity contribution in [2.24, 2.45) is 11.8 Å². The van der Waals surface area contributed by atoms with E-state index in [9.17, 15) is 0 Å². The average Bonchev–Trinajstić information content (AvgIpc) is 2.83. The number of para-hydroxylation sites is 2. The number of nitrogens with one attached hydrogen (secondary N) is 2. The van der Waals surface area contributed by atoms with Crippen LogP contribution in [0.25, 0.3) is 11.0 Å². The molecule has 2 aliphatic rings. The minimum atomic E-state index is 0.464. The van der Waals surface area contributed by atoms with Crippen LogP contribution in [-0.2, 0) is 0 Å². The number of benzene rings is 1. The average molecular weight is 261 g/mol. The zero-order valence-electron chi connectivity index (χ0n) is 9.73. The molecule has 0 radical (unpaired) electrons. The number of fused-ring (bicyclic) bond motifs is 2. The number of rotatable bonds is 2. The predicted molar refractivity (Wildman–Crippen MR) is 71.8 cm³/mol. The third kappa shape index (κ3) is 1.56. The highest BCUT2D eigenvalue weighted by molar-refractivity contribution is 6.32. The van der Waals surface area contributed by atoms with Crippen molar-refractivity contribution in [1.82, 2.24) is 15.3 Å². The van der Waals surface area contributed by atoms with Gasteiger partial charge in [0.2, 0.25) is 0 Å². The molecule has 2 heterocycles. The number of nitrogens with zero attached hydrogens (tertiary/aromatic N) is 2. The van der Waals surface area contributed by atoms with E-state index in [1.54, 1.807) is 0 Å². The molecule has 5 heteroatoms. The van der Waals surface area contributed by atoms with Gasteiger partial charge in [0.05, 0.1) is 11.0 Å². The van der Waals surface area contributed by atoms with Gasteiger partial charge in [-0.3, -0.25) is 0 Å². The first-order valence-corrected chi connectivity index (χ1v) is 6.60. The molecule has 1 aliphatic heterocycles. The van der Waals surface area contributed by atoms with Gasteiger partial charge in [-0.25, -0.2) is 9.97 Å². The predicted octanol–water partition coefficient (Wildman–Crippen LogP) is 1.91. The molecule has 2 fully saturated rings. The van der Waals surface area contributed by atoms with E-state index < -0.39 is 0 Å². The van der Waals surface area contributed by atoms with Crippen LogP contribution in [0.5, 0.6) is 0 Å². The molecule has 1 aromatic heterocycles. The molecule has 18 heavy (non-hydrogen) atoms. The van der Waals surface area contributed by atoms with Crippen molar-refractivity contribution < 1.29 is 0 Å². The zero-order chi connectivity index (χ0) is 12.1. The molecular formula is C13H13ClN4. The highest BCUT2D eigenvalue weighted by Crippen LogP contribution is 2.44. The first kappa shape index (κ1) is 10.5. The maximum absolute atomic E-state index is 6.18. The maximum Gasteiger partial charge on any atom is 0.172 e. The van der Waals surface area contributed by atoms with Gasteiger partial charge in [-0.15, -0.1) is 0 Å². The topological polar surface area (TPSA) is 49.8 Å².